The number of amidine groups is 1. The summed E-state index contributed by atoms with van der Waals surface area (Å²) in [7, 11) is 0. The molecular weight excluding hydrogens is 536 g/mol. The highest BCUT2D eigenvalue weighted by Gasteiger charge is 2.32. The molecule has 2 heterocycles. The Kier molecular flexibility index (Phi) is 9.79. The lowest BCUT2D eigenvalue weighted by Gasteiger charge is -2.29. The quantitative estimate of drug-likeness (QED) is 0.358. The Labute approximate surface area is 262 Å². The molecule has 0 amide bonds. The predicted octanol–water partition coefficient (Wildman–Crippen LogP) is 7.57. The van der Waals surface area contributed by atoms with Gasteiger partial charge in [0.2, 0.25) is 0 Å². The minimum Gasteiger partial charge on any atom is -0.300 e. The molecule has 2 aliphatic carbocycles. The third-order valence-corrected chi connectivity index (χ3v) is 8.89. The van der Waals surface area contributed by atoms with Crippen LogP contribution in [-0.4, -0.2) is 29.3 Å². The first kappa shape index (κ1) is 29.8. The summed E-state index contributed by atoms with van der Waals surface area (Å²) >= 11 is 0. The highest BCUT2D eigenvalue weighted by atomic mass is 15.6. The van der Waals surface area contributed by atoms with Crippen molar-refractivity contribution in [3.05, 3.63) is 136 Å². The van der Waals surface area contributed by atoms with Gasteiger partial charge in [0.15, 0.2) is 0 Å². The van der Waals surface area contributed by atoms with E-state index in [4.69, 9.17) is 9.98 Å². The minimum atomic E-state index is -0.0935. The minimum absolute atomic E-state index is 0.0935. The second kappa shape index (κ2) is 14.5. The average Bonchev–Trinajstić information content (AvgIpc) is 3.41. The molecule has 4 aliphatic rings. The molecular formula is C40H44N4. The molecule has 0 bridgehead atoms. The van der Waals surface area contributed by atoms with Crippen molar-refractivity contribution >= 4 is 29.8 Å². The monoisotopic (exact) mass is 580 g/mol. The number of hydrazine groups is 1. The number of fused-ring (bicyclic) bond motifs is 1. The number of hydrogen-bond acceptors (Lipinski definition) is 4. The summed E-state index contributed by atoms with van der Waals surface area (Å²) in [5, 5.41) is 4.89. The maximum Gasteiger partial charge on any atom is 0.147 e. The molecule has 2 aliphatic heterocycles. The maximum absolute atomic E-state index is 5.33. The number of nitrogens with zero attached hydrogens (tertiary/aromatic N) is 3. The van der Waals surface area contributed by atoms with Crippen molar-refractivity contribution in [2.24, 2.45) is 15.9 Å². The molecule has 2 aromatic carbocycles. The predicted molar refractivity (Wildman–Crippen MR) is 187 cm³/mol. The average molecular weight is 581 g/mol. The molecule has 3 atom stereocenters. The first-order valence-corrected chi connectivity index (χ1v) is 16.3. The highest BCUT2D eigenvalue weighted by molar-refractivity contribution is 6.00. The first-order valence-electron chi connectivity index (χ1n) is 16.3. The molecule has 0 fully saturated rings. The Hall–Kier alpha value is -4.28. The standard InChI is InChI=1S/C40H44N4/c1-3-31-16-11-12-17-32(31)24-23-30(2)44-40(36-19-9-7-5-4-6-8-10-20-36)42-39(43-44)35-27-25-33(26-28-35)37-22-14-13-18-34-21-15-29-41-38(34)37/h3,5,7,10-12,14-17,19-22,24-30,34,40H,4,6,8-9,13,18,23H2,1-2H3,(H,42,43)/b7-5-,20-10?,31-3-,32-24-,36-19?. The lowest BCUT2D eigenvalue weighted by atomic mass is 9.93. The van der Waals surface area contributed by atoms with Gasteiger partial charge in [0, 0.05) is 29.3 Å². The van der Waals surface area contributed by atoms with E-state index in [2.05, 4.69) is 140 Å². The zero-order valence-corrected chi connectivity index (χ0v) is 26.1. The van der Waals surface area contributed by atoms with Gasteiger partial charge < -0.3 is 5.43 Å². The van der Waals surface area contributed by atoms with Gasteiger partial charge in [-0.2, -0.15) is 5.01 Å². The van der Waals surface area contributed by atoms with E-state index in [-0.39, 0.29) is 12.2 Å². The molecule has 0 saturated carbocycles. The Balaban J connectivity index is 1.31. The second-order valence-electron chi connectivity index (χ2n) is 11.9. The van der Waals surface area contributed by atoms with Crippen LogP contribution in [-0.2, 0) is 0 Å². The van der Waals surface area contributed by atoms with Crippen molar-refractivity contribution in [3.63, 3.8) is 0 Å². The number of hydrogen-bond donors (Lipinski definition) is 1. The number of dihydropyridines is 1. The summed E-state index contributed by atoms with van der Waals surface area (Å²) in [4.78, 5) is 10.1. The van der Waals surface area contributed by atoms with Crippen LogP contribution >= 0.6 is 0 Å². The van der Waals surface area contributed by atoms with Gasteiger partial charge >= 0.3 is 0 Å². The topological polar surface area (TPSA) is 40.0 Å². The summed E-state index contributed by atoms with van der Waals surface area (Å²) in [5.41, 5.74) is 9.68. The first-order chi connectivity index (χ1) is 21.7. The smallest absolute Gasteiger partial charge is 0.147 e. The summed E-state index contributed by atoms with van der Waals surface area (Å²) in [5.74, 6) is 1.30. The molecule has 4 nitrogen and oxygen atoms in total. The fourth-order valence-electron chi connectivity index (χ4n) is 6.35. The van der Waals surface area contributed by atoms with Gasteiger partial charge in [0.1, 0.15) is 12.0 Å². The van der Waals surface area contributed by atoms with Crippen LogP contribution in [0.15, 0.2) is 124 Å². The zero-order valence-electron chi connectivity index (χ0n) is 26.1. The Bertz CT molecular complexity index is 1690. The maximum atomic E-state index is 5.33. The molecule has 0 radical (unpaired) electrons. The lowest BCUT2D eigenvalue weighted by molar-refractivity contribution is 0.158. The summed E-state index contributed by atoms with van der Waals surface area (Å²) in [6, 6.07) is 17.7. The number of rotatable bonds is 6. The number of allylic oxidation sites excluding steroid dienone is 9. The lowest BCUT2D eigenvalue weighted by Crippen LogP contribution is -2.47. The van der Waals surface area contributed by atoms with E-state index in [9.17, 15) is 0 Å². The molecule has 6 rings (SSSR count). The normalized spacial score (nSPS) is 24.4. The van der Waals surface area contributed by atoms with E-state index < -0.39 is 0 Å². The fourth-order valence-corrected chi connectivity index (χ4v) is 6.35. The number of aliphatic imine (C=N–C) groups is 2. The van der Waals surface area contributed by atoms with Crippen LogP contribution in [0.4, 0.5) is 0 Å². The van der Waals surface area contributed by atoms with Gasteiger partial charge in [0.25, 0.3) is 0 Å². The van der Waals surface area contributed by atoms with Gasteiger partial charge in [-0.05, 0) is 86.4 Å². The summed E-state index contributed by atoms with van der Waals surface area (Å²) in [6.45, 7) is 4.40. The van der Waals surface area contributed by atoms with Crippen LogP contribution in [0, 0.1) is 5.92 Å². The zero-order chi connectivity index (χ0) is 30.1. The SMILES string of the molecule is C/C=c1/cccc/c1=C/CC(C)N1NC(c2ccc(C3=C4N=CC=CC4CCC=C3)cc2)=NC1C1=CC/C=C\CCCC=C1. The third-order valence-electron chi connectivity index (χ3n) is 8.89. The highest BCUT2D eigenvalue weighted by Crippen LogP contribution is 2.34. The van der Waals surface area contributed by atoms with E-state index in [1.165, 1.54) is 39.3 Å². The van der Waals surface area contributed by atoms with Gasteiger partial charge in [0.05, 0.1) is 5.70 Å². The van der Waals surface area contributed by atoms with Crippen LogP contribution in [0.3, 0.4) is 0 Å². The molecule has 0 spiro atoms. The van der Waals surface area contributed by atoms with Crippen LogP contribution < -0.4 is 15.9 Å². The van der Waals surface area contributed by atoms with Crippen molar-refractivity contribution in [2.75, 3.05) is 0 Å². The van der Waals surface area contributed by atoms with Gasteiger partial charge in [-0.3, -0.25) is 4.99 Å². The third kappa shape index (κ3) is 6.92. The van der Waals surface area contributed by atoms with E-state index in [1.54, 1.807) is 0 Å². The summed E-state index contributed by atoms with van der Waals surface area (Å²) < 4.78 is 0. The molecule has 4 heteroatoms. The van der Waals surface area contributed by atoms with Crippen LogP contribution in [0.5, 0.6) is 0 Å². The number of nitrogens with one attached hydrogen (secondary N) is 1. The van der Waals surface area contributed by atoms with Crippen LogP contribution in [0.25, 0.3) is 17.7 Å². The largest absolute Gasteiger partial charge is 0.300 e. The number of benzene rings is 2. The molecule has 0 aromatic heterocycles. The van der Waals surface area contributed by atoms with Crippen molar-refractivity contribution in [1.82, 2.24) is 10.4 Å². The fraction of sp³-hybridized carbons (Fsp3) is 0.300. The van der Waals surface area contributed by atoms with E-state index in [0.29, 0.717) is 5.92 Å². The molecule has 1 N–H and O–H groups in total. The Morgan fingerprint density at radius 1 is 0.932 bits per heavy atom. The second-order valence-corrected chi connectivity index (χ2v) is 11.9. The van der Waals surface area contributed by atoms with E-state index >= 15 is 0 Å². The Morgan fingerprint density at radius 3 is 2.59 bits per heavy atom. The molecule has 44 heavy (non-hydrogen) atoms. The Morgan fingerprint density at radius 2 is 1.73 bits per heavy atom. The molecule has 224 valence electrons. The summed E-state index contributed by atoms with van der Waals surface area (Å²) in [6.07, 6.45) is 34.2. The van der Waals surface area contributed by atoms with Crippen molar-refractivity contribution in [3.8, 4) is 0 Å². The van der Waals surface area contributed by atoms with Gasteiger partial charge in [-0.15, -0.1) is 0 Å². The molecule has 2 aromatic rings. The van der Waals surface area contributed by atoms with E-state index in [1.807, 2.05) is 6.21 Å². The molecule has 0 saturated heterocycles. The van der Waals surface area contributed by atoms with Crippen molar-refractivity contribution in [2.45, 2.75) is 71.0 Å². The van der Waals surface area contributed by atoms with Crippen LogP contribution in [0.1, 0.15) is 69.9 Å². The molecule has 3 unspecified atom stereocenters. The van der Waals surface area contributed by atoms with E-state index in [0.717, 1.165) is 49.9 Å². The van der Waals surface area contributed by atoms with Crippen LogP contribution in [0.2, 0.25) is 0 Å². The van der Waals surface area contributed by atoms with Gasteiger partial charge in [-0.1, -0.05) is 109 Å². The van der Waals surface area contributed by atoms with Crippen molar-refractivity contribution in [1.29, 1.82) is 0 Å². The van der Waals surface area contributed by atoms with Gasteiger partial charge in [-0.25, -0.2) is 4.99 Å². The van der Waals surface area contributed by atoms with Crippen molar-refractivity contribution < 1.29 is 0 Å².